The summed E-state index contributed by atoms with van der Waals surface area (Å²) in [7, 11) is 1.94. The Morgan fingerprint density at radius 2 is 1.88 bits per heavy atom. The Balaban J connectivity index is 1.69. The molecule has 1 amide bonds. The highest BCUT2D eigenvalue weighted by atomic mass is 35.5. The van der Waals surface area contributed by atoms with Crippen molar-refractivity contribution in [2.24, 2.45) is 0 Å². The second-order valence-electron chi connectivity index (χ2n) is 5.80. The number of rotatable bonds is 5. The predicted molar refractivity (Wildman–Crippen MR) is 102 cm³/mol. The van der Waals surface area contributed by atoms with Gasteiger partial charge in [0.25, 0.3) is 5.91 Å². The van der Waals surface area contributed by atoms with Gasteiger partial charge in [0.1, 0.15) is 11.6 Å². The summed E-state index contributed by atoms with van der Waals surface area (Å²) in [5, 5.41) is 2.68. The molecule has 2 aromatic carbocycles. The molecular weight excluding hydrogens is 353 g/mol. The summed E-state index contributed by atoms with van der Waals surface area (Å²) >= 11 is 5.91. The monoisotopic (exact) mass is 369 g/mol. The summed E-state index contributed by atoms with van der Waals surface area (Å²) in [6.45, 7) is 0.713. The van der Waals surface area contributed by atoms with Crippen molar-refractivity contribution < 1.29 is 9.18 Å². The van der Waals surface area contributed by atoms with Crippen molar-refractivity contribution in [2.75, 3.05) is 17.3 Å². The second-order valence-corrected chi connectivity index (χ2v) is 6.20. The standard InChI is InChI=1S/C20H17ClFN3O/c1-25(13-14-6-3-2-4-7-14)18-11-10-15(12-23-18)24-20(26)19-16(21)8-5-9-17(19)22/h2-12H,13H2,1H3,(H,24,26). The van der Waals surface area contributed by atoms with Crippen LogP contribution in [0.15, 0.2) is 66.9 Å². The number of hydrogen-bond donors (Lipinski definition) is 1. The third kappa shape index (κ3) is 4.18. The summed E-state index contributed by atoms with van der Waals surface area (Å²) in [4.78, 5) is 18.6. The van der Waals surface area contributed by atoms with Crippen molar-refractivity contribution in [3.05, 3.63) is 88.8 Å². The van der Waals surface area contributed by atoms with E-state index in [2.05, 4.69) is 10.3 Å². The fraction of sp³-hybridized carbons (Fsp3) is 0.100. The van der Waals surface area contributed by atoms with Gasteiger partial charge in [-0.2, -0.15) is 0 Å². The van der Waals surface area contributed by atoms with Crippen LogP contribution in [0.25, 0.3) is 0 Å². The lowest BCUT2D eigenvalue weighted by molar-refractivity contribution is 0.102. The third-order valence-corrected chi connectivity index (χ3v) is 4.16. The number of carbonyl (C=O) groups excluding carboxylic acids is 1. The van der Waals surface area contributed by atoms with E-state index in [-0.39, 0.29) is 10.6 Å². The summed E-state index contributed by atoms with van der Waals surface area (Å²) in [5.74, 6) is -0.516. The lowest BCUT2D eigenvalue weighted by Crippen LogP contribution is -2.18. The maximum atomic E-state index is 13.8. The van der Waals surface area contributed by atoms with Crippen molar-refractivity contribution in [3.8, 4) is 0 Å². The van der Waals surface area contributed by atoms with Crippen LogP contribution < -0.4 is 10.2 Å². The summed E-state index contributed by atoms with van der Waals surface area (Å²) in [5.41, 5.74) is 1.45. The van der Waals surface area contributed by atoms with Gasteiger partial charge in [0.15, 0.2) is 0 Å². The van der Waals surface area contributed by atoms with Crippen LogP contribution in [0.2, 0.25) is 5.02 Å². The van der Waals surface area contributed by atoms with E-state index in [9.17, 15) is 9.18 Å². The fourth-order valence-electron chi connectivity index (χ4n) is 2.53. The number of amides is 1. The smallest absolute Gasteiger partial charge is 0.260 e. The highest BCUT2D eigenvalue weighted by molar-refractivity contribution is 6.34. The molecule has 0 radical (unpaired) electrons. The van der Waals surface area contributed by atoms with Crippen LogP contribution in [0.5, 0.6) is 0 Å². The number of hydrogen-bond acceptors (Lipinski definition) is 3. The number of benzene rings is 2. The molecular formula is C20H17ClFN3O. The van der Waals surface area contributed by atoms with Gasteiger partial charge in [-0.25, -0.2) is 9.37 Å². The van der Waals surface area contributed by atoms with Crippen molar-refractivity contribution >= 4 is 29.0 Å². The molecule has 0 aliphatic rings. The molecule has 4 nitrogen and oxygen atoms in total. The average molecular weight is 370 g/mol. The normalized spacial score (nSPS) is 10.4. The Hall–Kier alpha value is -2.92. The van der Waals surface area contributed by atoms with Gasteiger partial charge in [-0.15, -0.1) is 0 Å². The largest absolute Gasteiger partial charge is 0.355 e. The zero-order valence-corrected chi connectivity index (χ0v) is 14.9. The van der Waals surface area contributed by atoms with Crippen LogP contribution in [0.3, 0.4) is 0 Å². The molecule has 0 aliphatic heterocycles. The number of nitrogens with one attached hydrogen (secondary N) is 1. The summed E-state index contributed by atoms with van der Waals surface area (Å²) < 4.78 is 13.8. The third-order valence-electron chi connectivity index (χ3n) is 3.85. The van der Waals surface area contributed by atoms with Crippen LogP contribution in [0, 0.1) is 5.82 Å². The lowest BCUT2D eigenvalue weighted by Gasteiger charge is -2.18. The van der Waals surface area contributed by atoms with Crippen molar-refractivity contribution in [1.29, 1.82) is 0 Å². The molecule has 0 spiro atoms. The molecule has 3 rings (SSSR count). The Labute approximate surface area is 156 Å². The Bertz CT molecular complexity index is 880. The minimum Gasteiger partial charge on any atom is -0.355 e. The van der Waals surface area contributed by atoms with Crippen LogP contribution in [0.1, 0.15) is 15.9 Å². The van der Waals surface area contributed by atoms with Crippen molar-refractivity contribution in [3.63, 3.8) is 0 Å². The maximum Gasteiger partial charge on any atom is 0.260 e. The van der Waals surface area contributed by atoms with Gasteiger partial charge in [0, 0.05) is 13.6 Å². The SMILES string of the molecule is CN(Cc1ccccc1)c1ccc(NC(=O)c2c(F)cccc2Cl)cn1. The predicted octanol–water partition coefficient (Wildman–Crippen LogP) is 4.76. The van der Waals surface area contributed by atoms with Crippen molar-refractivity contribution in [1.82, 2.24) is 4.98 Å². The molecule has 0 saturated heterocycles. The molecule has 3 aromatic rings. The first-order chi connectivity index (χ1) is 12.5. The van der Waals surface area contributed by atoms with E-state index in [0.29, 0.717) is 12.2 Å². The number of aromatic nitrogens is 1. The number of anilines is 2. The van der Waals surface area contributed by atoms with E-state index in [0.717, 1.165) is 5.82 Å². The molecule has 132 valence electrons. The van der Waals surface area contributed by atoms with Gasteiger partial charge < -0.3 is 10.2 Å². The van der Waals surface area contributed by atoms with E-state index in [1.54, 1.807) is 12.1 Å². The van der Waals surface area contributed by atoms with Gasteiger partial charge >= 0.3 is 0 Å². The Morgan fingerprint density at radius 1 is 1.12 bits per heavy atom. The number of carbonyl (C=O) groups is 1. The van der Waals surface area contributed by atoms with Gasteiger partial charge in [-0.3, -0.25) is 4.79 Å². The van der Waals surface area contributed by atoms with Crippen LogP contribution in [-0.2, 0) is 6.54 Å². The topological polar surface area (TPSA) is 45.2 Å². The summed E-state index contributed by atoms with van der Waals surface area (Å²) in [6.07, 6.45) is 1.53. The minimum atomic E-state index is -0.665. The molecule has 0 aliphatic carbocycles. The molecule has 1 heterocycles. The average Bonchev–Trinajstić information content (AvgIpc) is 2.63. The second kappa shape index (κ2) is 7.97. The van der Waals surface area contributed by atoms with E-state index < -0.39 is 11.7 Å². The zero-order valence-electron chi connectivity index (χ0n) is 14.1. The van der Waals surface area contributed by atoms with E-state index in [4.69, 9.17) is 11.6 Å². The first kappa shape index (κ1) is 17.9. The molecule has 0 fully saturated rings. The molecule has 0 bridgehead atoms. The van der Waals surface area contributed by atoms with E-state index in [1.807, 2.05) is 42.3 Å². The van der Waals surface area contributed by atoms with Gasteiger partial charge in [-0.05, 0) is 29.8 Å². The first-order valence-electron chi connectivity index (χ1n) is 8.01. The number of nitrogens with zero attached hydrogens (tertiary/aromatic N) is 2. The molecule has 6 heteroatoms. The highest BCUT2D eigenvalue weighted by Crippen LogP contribution is 2.21. The molecule has 0 saturated carbocycles. The zero-order chi connectivity index (χ0) is 18.5. The van der Waals surface area contributed by atoms with Gasteiger partial charge in [-0.1, -0.05) is 48.0 Å². The quantitative estimate of drug-likeness (QED) is 0.705. The molecule has 1 N–H and O–H groups in total. The van der Waals surface area contributed by atoms with Gasteiger partial charge in [0.2, 0.25) is 0 Å². The molecule has 1 aromatic heterocycles. The minimum absolute atomic E-state index is 0.0645. The Kier molecular flexibility index (Phi) is 5.49. The summed E-state index contributed by atoms with van der Waals surface area (Å²) in [6, 6.07) is 17.7. The Morgan fingerprint density at radius 3 is 2.54 bits per heavy atom. The van der Waals surface area contributed by atoms with Crippen molar-refractivity contribution in [2.45, 2.75) is 6.54 Å². The highest BCUT2D eigenvalue weighted by Gasteiger charge is 2.16. The van der Waals surface area contributed by atoms with Crippen LogP contribution in [-0.4, -0.2) is 17.9 Å². The molecule has 0 atom stereocenters. The number of pyridine rings is 1. The molecule has 26 heavy (non-hydrogen) atoms. The van der Waals surface area contributed by atoms with E-state index in [1.165, 1.54) is 30.0 Å². The van der Waals surface area contributed by atoms with E-state index >= 15 is 0 Å². The molecule has 0 unspecified atom stereocenters. The fourth-order valence-corrected chi connectivity index (χ4v) is 2.78. The van der Waals surface area contributed by atoms with Gasteiger partial charge in [0.05, 0.1) is 22.5 Å². The maximum absolute atomic E-state index is 13.8. The number of halogens is 2. The van der Waals surface area contributed by atoms with Crippen LogP contribution >= 0.6 is 11.6 Å². The van der Waals surface area contributed by atoms with Crippen LogP contribution in [0.4, 0.5) is 15.9 Å². The lowest BCUT2D eigenvalue weighted by atomic mass is 10.2. The first-order valence-corrected chi connectivity index (χ1v) is 8.39.